The molecular weight excluding hydrogens is 411 g/mol. The maximum Gasteiger partial charge on any atom is 0.406 e. The van der Waals surface area contributed by atoms with Crippen LogP contribution in [0.15, 0.2) is 58.5 Å². The second-order valence-electron chi connectivity index (χ2n) is 7.66. The van der Waals surface area contributed by atoms with Crippen molar-refractivity contribution >= 4 is 23.3 Å². The molecule has 3 aliphatic rings. The number of halogens is 3. The summed E-state index contributed by atoms with van der Waals surface area (Å²) < 4.78 is 39.7. The lowest BCUT2D eigenvalue weighted by Gasteiger charge is -2.33. The quantitative estimate of drug-likeness (QED) is 0.785. The number of benzene rings is 1. The Labute approximate surface area is 174 Å². The highest BCUT2D eigenvalue weighted by molar-refractivity contribution is 6.10. The van der Waals surface area contributed by atoms with E-state index in [0.29, 0.717) is 27.4 Å². The molecule has 0 saturated heterocycles. The van der Waals surface area contributed by atoms with Crippen molar-refractivity contribution in [1.29, 1.82) is 0 Å². The maximum atomic E-state index is 13.2. The topological polar surface area (TPSA) is 87.0 Å². The molecule has 2 amide bonds. The van der Waals surface area contributed by atoms with Gasteiger partial charge in [0.1, 0.15) is 18.4 Å². The minimum absolute atomic E-state index is 0.0313. The molecule has 10 heteroatoms. The normalized spacial score (nSPS) is 19.7. The molecule has 1 fully saturated rings. The van der Waals surface area contributed by atoms with E-state index in [4.69, 9.17) is 0 Å². The van der Waals surface area contributed by atoms with E-state index in [9.17, 15) is 22.8 Å². The Morgan fingerprint density at radius 1 is 1.23 bits per heavy atom. The van der Waals surface area contributed by atoms with Gasteiger partial charge in [0.05, 0.1) is 17.5 Å². The average molecular weight is 427 g/mol. The number of hydrogen-bond acceptors (Lipinski definition) is 5. The highest BCUT2D eigenvalue weighted by atomic mass is 19.4. The van der Waals surface area contributed by atoms with Crippen molar-refractivity contribution in [2.24, 2.45) is 16.1 Å². The van der Waals surface area contributed by atoms with E-state index in [1.54, 1.807) is 24.3 Å². The number of anilines is 2. The summed E-state index contributed by atoms with van der Waals surface area (Å²) in [5.41, 5.74) is 1.77. The number of nitrogens with zero attached hydrogens (tertiary/aromatic N) is 4. The number of carbonyl (C=O) groups is 2. The fourth-order valence-electron chi connectivity index (χ4n) is 3.78. The summed E-state index contributed by atoms with van der Waals surface area (Å²) in [6.45, 7) is -1.43. The summed E-state index contributed by atoms with van der Waals surface area (Å²) in [6, 6.07) is 7.54. The molecule has 7 nitrogen and oxygen atoms in total. The van der Waals surface area contributed by atoms with Crippen LogP contribution in [0.25, 0.3) is 11.1 Å². The van der Waals surface area contributed by atoms with E-state index in [2.05, 4.69) is 20.5 Å². The van der Waals surface area contributed by atoms with Crippen LogP contribution in [-0.4, -0.2) is 29.5 Å². The second-order valence-corrected chi connectivity index (χ2v) is 7.66. The summed E-state index contributed by atoms with van der Waals surface area (Å²) in [5.74, 6) is -0.612. The molecule has 2 aromatic rings. The van der Waals surface area contributed by atoms with Gasteiger partial charge in [-0.1, -0.05) is 12.1 Å². The van der Waals surface area contributed by atoms with Crippen molar-refractivity contribution in [2.45, 2.75) is 25.1 Å². The lowest BCUT2D eigenvalue weighted by molar-refractivity contribution is -0.130. The van der Waals surface area contributed by atoms with Crippen molar-refractivity contribution in [1.82, 2.24) is 4.98 Å². The largest absolute Gasteiger partial charge is 0.406 e. The predicted octanol–water partition coefficient (Wildman–Crippen LogP) is 4.40. The van der Waals surface area contributed by atoms with Crippen LogP contribution in [0.5, 0.6) is 0 Å². The Kier molecular flexibility index (Phi) is 4.38. The van der Waals surface area contributed by atoms with E-state index in [-0.39, 0.29) is 23.1 Å². The third-order valence-electron chi connectivity index (χ3n) is 5.43. The van der Waals surface area contributed by atoms with Crippen LogP contribution in [0.4, 0.5) is 24.7 Å². The molecule has 0 spiro atoms. The van der Waals surface area contributed by atoms with Crippen LogP contribution < -0.4 is 10.2 Å². The van der Waals surface area contributed by atoms with Crippen LogP contribution in [0, 0.1) is 5.92 Å². The zero-order valence-electron chi connectivity index (χ0n) is 16.1. The summed E-state index contributed by atoms with van der Waals surface area (Å²) in [5, 5.41) is 10.5. The maximum absolute atomic E-state index is 13.2. The molecule has 1 aliphatic carbocycles. The van der Waals surface area contributed by atoms with E-state index >= 15 is 0 Å². The molecule has 1 aromatic heterocycles. The van der Waals surface area contributed by atoms with Gasteiger partial charge in [-0.05, 0) is 36.6 Å². The number of amides is 2. The highest BCUT2D eigenvalue weighted by Gasteiger charge is 2.43. The first kappa shape index (κ1) is 19.4. The fraction of sp³-hybridized carbons (Fsp3) is 0.286. The molecule has 158 valence electrons. The van der Waals surface area contributed by atoms with Crippen LogP contribution in [0.2, 0.25) is 0 Å². The minimum Gasteiger partial charge on any atom is -0.310 e. The first-order valence-corrected chi connectivity index (χ1v) is 9.70. The number of alkyl halides is 3. The van der Waals surface area contributed by atoms with Crippen molar-refractivity contribution in [3.05, 3.63) is 53.9 Å². The first-order chi connectivity index (χ1) is 14.8. The van der Waals surface area contributed by atoms with Gasteiger partial charge in [0.2, 0.25) is 5.91 Å². The molecule has 31 heavy (non-hydrogen) atoms. The number of nitrogens with one attached hydrogen (secondary N) is 1. The molecule has 5 rings (SSSR count). The van der Waals surface area contributed by atoms with Gasteiger partial charge in [-0.3, -0.25) is 14.5 Å². The van der Waals surface area contributed by atoms with Crippen LogP contribution in [0.3, 0.4) is 0 Å². The molecule has 1 N–H and O–H groups in total. The fourth-order valence-corrected chi connectivity index (χ4v) is 3.78. The third-order valence-corrected chi connectivity index (χ3v) is 5.43. The van der Waals surface area contributed by atoms with Crippen LogP contribution in [-0.2, 0) is 9.59 Å². The summed E-state index contributed by atoms with van der Waals surface area (Å²) in [6.07, 6.45) is -0.193. The van der Waals surface area contributed by atoms with E-state index in [1.807, 2.05) is 0 Å². The zero-order chi connectivity index (χ0) is 21.8. The predicted molar refractivity (Wildman–Crippen MR) is 105 cm³/mol. The van der Waals surface area contributed by atoms with Crippen LogP contribution >= 0.6 is 0 Å². The average Bonchev–Trinajstić information content (AvgIpc) is 3.47. The van der Waals surface area contributed by atoms with Crippen molar-refractivity contribution in [3.8, 4) is 11.1 Å². The Balaban J connectivity index is 1.58. The van der Waals surface area contributed by atoms with Crippen molar-refractivity contribution < 1.29 is 22.8 Å². The Morgan fingerprint density at radius 2 is 2.03 bits per heavy atom. The molecule has 1 atom stereocenters. The smallest absolute Gasteiger partial charge is 0.310 e. The standard InChI is InChI=1S/C21H16F3N5O2/c22-21(23,24)10-29-16-8-12(5-6-14(16)17-15(20(29)31)9-26-28-17)13-2-1-7-25-18(13)27-19(30)11-3-4-11/h1-2,5-9,11,17H,3-4,10H2,(H,25,27,30). The number of hydrogen-bond donors (Lipinski definition) is 1. The molecule has 1 unspecified atom stereocenters. The van der Waals surface area contributed by atoms with Gasteiger partial charge >= 0.3 is 6.18 Å². The molecule has 0 bridgehead atoms. The van der Waals surface area contributed by atoms with Gasteiger partial charge in [0, 0.05) is 23.2 Å². The number of azo groups is 1. The van der Waals surface area contributed by atoms with Crippen molar-refractivity contribution in [3.63, 3.8) is 0 Å². The third kappa shape index (κ3) is 3.58. The summed E-state index contributed by atoms with van der Waals surface area (Å²) in [4.78, 5) is 29.9. The SMILES string of the molecule is O=C(Nc1ncccc1-c1ccc2c(c1)N(CC(F)(F)F)C(=O)C1=CN=NC12)C1CC1. The zero-order valence-corrected chi connectivity index (χ0v) is 16.1. The lowest BCUT2D eigenvalue weighted by Crippen LogP contribution is -2.43. The molecule has 0 radical (unpaired) electrons. The lowest BCUT2D eigenvalue weighted by atomic mass is 9.90. The van der Waals surface area contributed by atoms with Gasteiger partial charge in [-0.25, -0.2) is 4.98 Å². The molecule has 1 aromatic carbocycles. The minimum atomic E-state index is -4.58. The summed E-state index contributed by atoms with van der Waals surface area (Å²) >= 11 is 0. The first-order valence-electron chi connectivity index (χ1n) is 9.70. The van der Waals surface area contributed by atoms with Gasteiger partial charge in [-0.15, -0.1) is 0 Å². The Morgan fingerprint density at radius 3 is 2.77 bits per heavy atom. The molecule has 1 saturated carbocycles. The van der Waals surface area contributed by atoms with E-state index in [1.165, 1.54) is 18.5 Å². The summed E-state index contributed by atoms with van der Waals surface area (Å²) in [7, 11) is 0. The van der Waals surface area contributed by atoms with Gasteiger partial charge in [-0.2, -0.15) is 23.4 Å². The van der Waals surface area contributed by atoms with Crippen molar-refractivity contribution in [2.75, 3.05) is 16.8 Å². The number of rotatable bonds is 4. The highest BCUT2D eigenvalue weighted by Crippen LogP contribution is 2.45. The molecular formula is C21H16F3N5O2. The number of pyridine rings is 1. The molecule has 2 aliphatic heterocycles. The number of fused-ring (bicyclic) bond motifs is 3. The van der Waals surface area contributed by atoms with Gasteiger partial charge < -0.3 is 5.32 Å². The Hall–Kier alpha value is -3.56. The van der Waals surface area contributed by atoms with Gasteiger partial charge in [0.15, 0.2) is 0 Å². The van der Waals surface area contributed by atoms with Crippen LogP contribution in [0.1, 0.15) is 24.4 Å². The van der Waals surface area contributed by atoms with E-state index in [0.717, 1.165) is 12.8 Å². The molecule has 3 heterocycles. The number of carbonyl (C=O) groups excluding carboxylic acids is 2. The van der Waals surface area contributed by atoms with Gasteiger partial charge in [0.25, 0.3) is 5.91 Å². The Bertz CT molecular complexity index is 1150. The number of aromatic nitrogens is 1. The van der Waals surface area contributed by atoms with E-state index < -0.39 is 24.7 Å². The monoisotopic (exact) mass is 427 g/mol. The second kappa shape index (κ2) is 7.00.